The number of hydrogen-bond donors (Lipinski definition) is 1. The molecule has 27 heavy (non-hydrogen) atoms. The Morgan fingerprint density at radius 2 is 1.78 bits per heavy atom. The van der Waals surface area contributed by atoms with Crippen LogP contribution in [0.5, 0.6) is 0 Å². The van der Waals surface area contributed by atoms with Crippen LogP contribution in [-0.4, -0.2) is 18.2 Å². The molecule has 0 amide bonds. The number of rotatable bonds is 4. The van der Waals surface area contributed by atoms with E-state index in [2.05, 4.69) is 5.10 Å². The Kier molecular flexibility index (Phi) is 4.05. The molecule has 0 atom stereocenters. The van der Waals surface area contributed by atoms with Gasteiger partial charge in [-0.3, -0.25) is 0 Å². The Morgan fingerprint density at radius 3 is 2.44 bits per heavy atom. The lowest BCUT2D eigenvalue weighted by Crippen LogP contribution is -2.12. The predicted molar refractivity (Wildman–Crippen MR) is 95.1 cm³/mol. The van der Waals surface area contributed by atoms with Crippen molar-refractivity contribution >= 4 is 21.0 Å². The first-order chi connectivity index (χ1) is 12.8. The van der Waals surface area contributed by atoms with Gasteiger partial charge in [-0.15, -0.1) is 0 Å². The van der Waals surface area contributed by atoms with Crippen molar-refractivity contribution in [1.82, 2.24) is 9.78 Å². The van der Waals surface area contributed by atoms with E-state index in [1.54, 1.807) is 30.5 Å². The lowest BCUT2D eigenvalue weighted by atomic mass is 10.1. The van der Waals surface area contributed by atoms with E-state index >= 15 is 0 Å². The average Bonchev–Trinajstić information content (AvgIpc) is 3.27. The van der Waals surface area contributed by atoms with E-state index in [1.165, 1.54) is 35.0 Å². The number of alkyl halides is 2. The third-order valence-electron chi connectivity index (χ3n) is 4.11. The van der Waals surface area contributed by atoms with Crippen LogP contribution in [0.2, 0.25) is 0 Å². The molecule has 4 rings (SSSR count). The first-order valence-corrected chi connectivity index (χ1v) is 9.36. The van der Waals surface area contributed by atoms with Gasteiger partial charge in [-0.2, -0.15) is 5.10 Å². The summed E-state index contributed by atoms with van der Waals surface area (Å²) >= 11 is 0. The van der Waals surface area contributed by atoms with Gasteiger partial charge in [-0.05, 0) is 54.6 Å². The molecule has 0 aliphatic heterocycles. The van der Waals surface area contributed by atoms with Crippen LogP contribution in [0.1, 0.15) is 12.1 Å². The number of sulfonamides is 1. The van der Waals surface area contributed by atoms with Crippen LogP contribution in [0.3, 0.4) is 0 Å². The summed E-state index contributed by atoms with van der Waals surface area (Å²) in [5.41, 5.74) is 1.83. The lowest BCUT2D eigenvalue weighted by Gasteiger charge is -2.08. The second kappa shape index (κ2) is 6.29. The average molecular weight is 389 g/mol. The van der Waals surface area contributed by atoms with Crippen LogP contribution in [-0.2, 0) is 10.0 Å². The first kappa shape index (κ1) is 17.4. The molecule has 0 saturated heterocycles. The summed E-state index contributed by atoms with van der Waals surface area (Å²) in [6, 6.07) is 13.9. The molecule has 0 spiro atoms. The van der Waals surface area contributed by atoms with Gasteiger partial charge in [0.1, 0.15) is 11.3 Å². The zero-order valence-corrected chi connectivity index (χ0v) is 14.5. The summed E-state index contributed by atoms with van der Waals surface area (Å²) in [6.45, 7) is 0. The summed E-state index contributed by atoms with van der Waals surface area (Å²) < 4.78 is 55.9. The highest BCUT2D eigenvalue weighted by Gasteiger charge is 2.18. The molecular weight excluding hydrogens is 376 g/mol. The van der Waals surface area contributed by atoms with Crippen LogP contribution in [0.4, 0.5) is 8.78 Å². The molecule has 2 aromatic heterocycles. The smallest absolute Gasteiger partial charge is 0.282 e. The van der Waals surface area contributed by atoms with Crippen molar-refractivity contribution in [3.63, 3.8) is 0 Å². The van der Waals surface area contributed by atoms with Crippen LogP contribution >= 0.6 is 0 Å². The van der Waals surface area contributed by atoms with Crippen molar-refractivity contribution in [3.05, 3.63) is 66.6 Å². The largest absolute Gasteiger partial charge is 0.464 e. The van der Waals surface area contributed by atoms with Crippen LogP contribution in [0.15, 0.2) is 70.2 Å². The van der Waals surface area contributed by atoms with Crippen molar-refractivity contribution in [1.29, 1.82) is 0 Å². The summed E-state index contributed by atoms with van der Waals surface area (Å²) in [7, 11) is -3.85. The second-order valence-electron chi connectivity index (χ2n) is 5.88. The minimum absolute atomic E-state index is 0.0751. The Labute approximate surface area is 152 Å². The number of fused-ring (bicyclic) bond motifs is 1. The topological polar surface area (TPSA) is 91.1 Å². The highest BCUT2D eigenvalue weighted by atomic mass is 32.2. The van der Waals surface area contributed by atoms with Gasteiger partial charge < -0.3 is 4.42 Å². The van der Waals surface area contributed by atoms with E-state index in [9.17, 15) is 17.2 Å². The molecule has 0 unspecified atom stereocenters. The number of aromatic nitrogens is 2. The van der Waals surface area contributed by atoms with Gasteiger partial charge in [0.25, 0.3) is 6.43 Å². The number of hydrogen-bond acceptors (Lipinski definition) is 4. The zero-order valence-electron chi connectivity index (χ0n) is 13.7. The highest BCUT2D eigenvalue weighted by Crippen LogP contribution is 2.30. The molecule has 9 heteroatoms. The molecule has 4 aromatic rings. The third kappa shape index (κ3) is 3.22. The fraction of sp³-hybridized carbons (Fsp3) is 0.0556. The normalized spacial score (nSPS) is 12.1. The summed E-state index contributed by atoms with van der Waals surface area (Å²) in [6.07, 6.45) is -1.20. The van der Waals surface area contributed by atoms with Gasteiger partial charge in [0.05, 0.1) is 22.5 Å². The predicted octanol–water partition coefficient (Wildman–Crippen LogP) is 3.87. The van der Waals surface area contributed by atoms with Crippen molar-refractivity contribution in [2.45, 2.75) is 11.3 Å². The molecule has 0 bridgehead atoms. The molecule has 0 aliphatic rings. The lowest BCUT2D eigenvalue weighted by molar-refractivity contribution is 0.145. The zero-order chi connectivity index (χ0) is 19.2. The number of furan rings is 1. The highest BCUT2D eigenvalue weighted by molar-refractivity contribution is 7.89. The summed E-state index contributed by atoms with van der Waals surface area (Å²) in [5, 5.41) is 9.90. The monoisotopic (exact) mass is 389 g/mol. The van der Waals surface area contributed by atoms with E-state index in [0.717, 1.165) is 5.39 Å². The van der Waals surface area contributed by atoms with E-state index in [0.29, 0.717) is 22.5 Å². The van der Waals surface area contributed by atoms with Crippen molar-refractivity contribution in [3.8, 4) is 16.9 Å². The number of halogens is 2. The van der Waals surface area contributed by atoms with E-state index in [-0.39, 0.29) is 10.6 Å². The molecular formula is C18H13F2N3O3S. The number of primary sulfonamides is 1. The Morgan fingerprint density at radius 1 is 1.04 bits per heavy atom. The Hall–Kier alpha value is -3.04. The van der Waals surface area contributed by atoms with Crippen molar-refractivity contribution in [2.24, 2.45) is 5.14 Å². The molecule has 2 heterocycles. The summed E-state index contributed by atoms with van der Waals surface area (Å²) in [5.74, 6) is 0. The number of nitrogens with zero attached hydrogens (tertiary/aromatic N) is 2. The molecule has 0 saturated carbocycles. The summed E-state index contributed by atoms with van der Waals surface area (Å²) in [4.78, 5) is -0.0751. The van der Waals surface area contributed by atoms with Gasteiger partial charge in [0, 0.05) is 10.9 Å². The maximum Gasteiger partial charge on any atom is 0.282 e. The van der Waals surface area contributed by atoms with E-state index in [4.69, 9.17) is 9.56 Å². The fourth-order valence-corrected chi connectivity index (χ4v) is 3.33. The molecule has 2 N–H and O–H groups in total. The van der Waals surface area contributed by atoms with Gasteiger partial charge in [0.15, 0.2) is 0 Å². The first-order valence-electron chi connectivity index (χ1n) is 7.82. The van der Waals surface area contributed by atoms with Crippen molar-refractivity contribution in [2.75, 3.05) is 0 Å². The minimum atomic E-state index is -3.85. The molecule has 0 aliphatic carbocycles. The van der Waals surface area contributed by atoms with Crippen LogP contribution in [0.25, 0.3) is 27.9 Å². The number of nitrogens with two attached hydrogens (primary N) is 1. The maximum atomic E-state index is 13.2. The molecule has 0 radical (unpaired) electrons. The van der Waals surface area contributed by atoms with Gasteiger partial charge in [-0.1, -0.05) is 0 Å². The molecule has 138 valence electrons. The SMILES string of the molecule is NS(=O)(=O)c1ccc(-n2nc(C(F)F)cc2-c2ccc3occc3c2)cc1. The number of benzene rings is 2. The Balaban J connectivity index is 1.87. The molecule has 0 fully saturated rings. The van der Waals surface area contributed by atoms with E-state index in [1.807, 2.05) is 0 Å². The van der Waals surface area contributed by atoms with Crippen molar-refractivity contribution < 1.29 is 21.6 Å². The third-order valence-corrected chi connectivity index (χ3v) is 5.04. The quantitative estimate of drug-likeness (QED) is 0.574. The van der Waals surface area contributed by atoms with Crippen LogP contribution in [0, 0.1) is 0 Å². The van der Waals surface area contributed by atoms with Gasteiger partial charge in [-0.25, -0.2) is 27.0 Å². The fourth-order valence-electron chi connectivity index (χ4n) is 2.81. The standard InChI is InChI=1S/C18H13F2N3O3S/c19-18(20)15-10-16(11-1-6-17-12(9-11)7-8-26-17)23(22-15)13-2-4-14(5-3-13)27(21,24)25/h1-10,18H,(H2,21,24,25). The van der Waals surface area contributed by atoms with E-state index < -0.39 is 16.4 Å². The maximum absolute atomic E-state index is 13.2. The molecule has 6 nitrogen and oxygen atoms in total. The van der Waals surface area contributed by atoms with Crippen LogP contribution < -0.4 is 5.14 Å². The molecule has 2 aromatic carbocycles. The van der Waals surface area contributed by atoms with Gasteiger partial charge in [0.2, 0.25) is 10.0 Å². The minimum Gasteiger partial charge on any atom is -0.464 e. The second-order valence-corrected chi connectivity index (χ2v) is 7.44. The van der Waals surface area contributed by atoms with Gasteiger partial charge >= 0.3 is 0 Å². The Bertz CT molecular complexity index is 1230.